The summed E-state index contributed by atoms with van der Waals surface area (Å²) < 4.78 is 5.65. The number of carbonyl (C=O) groups is 3. The van der Waals surface area contributed by atoms with Gasteiger partial charge in [-0.15, -0.1) is 0 Å². The molecule has 3 fully saturated rings. The molecule has 2 aromatic rings. The molecule has 1 atom stereocenters. The van der Waals surface area contributed by atoms with Gasteiger partial charge in [-0.3, -0.25) is 9.59 Å². The Morgan fingerprint density at radius 1 is 0.971 bits per heavy atom. The number of nitrogens with one attached hydrogen (secondary N) is 1. The highest BCUT2D eigenvalue weighted by atomic mass is 16.5. The number of alkyl carbamates (subject to hydrolysis) is 1. The number of likely N-dealkylation sites (tertiary alicyclic amines) is 1. The molecule has 6 rings (SSSR count). The van der Waals surface area contributed by atoms with Crippen molar-refractivity contribution in [2.45, 2.75) is 43.6 Å². The van der Waals surface area contributed by atoms with Gasteiger partial charge in [-0.25, -0.2) is 4.79 Å². The molecule has 4 aliphatic rings. The minimum Gasteiger partial charge on any atom is -0.481 e. The van der Waals surface area contributed by atoms with Crippen LogP contribution in [0.1, 0.15) is 49.1 Å². The molecule has 2 saturated carbocycles. The zero-order valence-electron chi connectivity index (χ0n) is 19.0. The van der Waals surface area contributed by atoms with E-state index in [0.29, 0.717) is 19.4 Å². The third-order valence-corrected chi connectivity index (χ3v) is 8.43. The molecule has 0 aromatic heterocycles. The smallest absolute Gasteiger partial charge is 0.408 e. The van der Waals surface area contributed by atoms with Gasteiger partial charge in [0, 0.05) is 24.4 Å². The molecule has 0 radical (unpaired) electrons. The normalized spacial score (nSPS) is 23.1. The number of carboxylic acids is 1. The van der Waals surface area contributed by atoms with Gasteiger partial charge in [-0.2, -0.15) is 0 Å². The van der Waals surface area contributed by atoms with Crippen LogP contribution in [0.2, 0.25) is 0 Å². The second-order valence-electron chi connectivity index (χ2n) is 10.3. The fraction of sp³-hybridized carbons (Fsp3) is 0.444. The van der Waals surface area contributed by atoms with E-state index in [1.54, 1.807) is 4.90 Å². The number of benzene rings is 2. The SMILES string of the molecule is O=C(NC1(C(=O)N2CC(C(=O)O)C3(CCC3)C2)CC1)OCC1c2ccccc2-c2ccccc21. The van der Waals surface area contributed by atoms with Crippen molar-refractivity contribution in [1.82, 2.24) is 10.2 Å². The van der Waals surface area contributed by atoms with Crippen LogP contribution in [-0.2, 0) is 14.3 Å². The van der Waals surface area contributed by atoms with Crippen LogP contribution in [-0.4, -0.2) is 53.2 Å². The van der Waals surface area contributed by atoms with E-state index in [0.717, 1.165) is 41.5 Å². The number of fused-ring (bicyclic) bond motifs is 3. The molecule has 1 spiro atoms. The summed E-state index contributed by atoms with van der Waals surface area (Å²) >= 11 is 0. The summed E-state index contributed by atoms with van der Waals surface area (Å²) in [5.74, 6) is -1.56. The maximum Gasteiger partial charge on any atom is 0.408 e. The molecule has 1 heterocycles. The molecule has 1 saturated heterocycles. The summed E-state index contributed by atoms with van der Waals surface area (Å²) in [6.07, 6.45) is 3.21. The zero-order chi connectivity index (χ0) is 23.5. The van der Waals surface area contributed by atoms with Gasteiger partial charge in [0.1, 0.15) is 12.1 Å². The lowest BCUT2D eigenvalue weighted by Gasteiger charge is -2.41. The van der Waals surface area contributed by atoms with Crippen molar-refractivity contribution in [3.05, 3.63) is 59.7 Å². The average Bonchev–Trinajstić information content (AvgIpc) is 3.35. The fourth-order valence-electron chi connectivity index (χ4n) is 6.25. The van der Waals surface area contributed by atoms with Crippen LogP contribution < -0.4 is 5.32 Å². The molecule has 3 aliphatic carbocycles. The predicted octanol–water partition coefficient (Wildman–Crippen LogP) is 3.77. The number of nitrogens with zero attached hydrogens (tertiary/aromatic N) is 1. The Morgan fingerprint density at radius 2 is 1.59 bits per heavy atom. The summed E-state index contributed by atoms with van der Waals surface area (Å²) in [7, 11) is 0. The van der Waals surface area contributed by atoms with E-state index >= 15 is 0 Å². The van der Waals surface area contributed by atoms with E-state index in [1.165, 1.54) is 0 Å². The summed E-state index contributed by atoms with van der Waals surface area (Å²) in [5.41, 5.74) is 3.34. The Bertz CT molecular complexity index is 1140. The Labute approximate surface area is 198 Å². The second kappa shape index (κ2) is 7.58. The van der Waals surface area contributed by atoms with Crippen molar-refractivity contribution >= 4 is 18.0 Å². The average molecular weight is 461 g/mol. The van der Waals surface area contributed by atoms with Gasteiger partial charge >= 0.3 is 12.1 Å². The lowest BCUT2D eigenvalue weighted by atomic mass is 9.63. The van der Waals surface area contributed by atoms with Gasteiger partial charge in [0.25, 0.3) is 0 Å². The minimum atomic E-state index is -0.957. The van der Waals surface area contributed by atoms with Crippen LogP contribution in [0.25, 0.3) is 11.1 Å². The van der Waals surface area contributed by atoms with Gasteiger partial charge in [0.05, 0.1) is 5.92 Å². The van der Waals surface area contributed by atoms with E-state index < -0.39 is 23.5 Å². The van der Waals surface area contributed by atoms with Crippen LogP contribution in [0.3, 0.4) is 0 Å². The van der Waals surface area contributed by atoms with Crippen molar-refractivity contribution in [2.24, 2.45) is 11.3 Å². The van der Waals surface area contributed by atoms with Gasteiger partial charge in [-0.05, 0) is 47.9 Å². The van der Waals surface area contributed by atoms with E-state index in [9.17, 15) is 19.5 Å². The van der Waals surface area contributed by atoms with Crippen molar-refractivity contribution in [3.63, 3.8) is 0 Å². The molecule has 1 aliphatic heterocycles. The fourth-order valence-corrected chi connectivity index (χ4v) is 6.25. The van der Waals surface area contributed by atoms with Crippen LogP contribution >= 0.6 is 0 Å². The summed E-state index contributed by atoms with van der Waals surface area (Å²) in [5, 5.41) is 12.5. The topological polar surface area (TPSA) is 95.9 Å². The molecule has 34 heavy (non-hydrogen) atoms. The molecule has 0 bridgehead atoms. The molecule has 7 nitrogen and oxygen atoms in total. The van der Waals surface area contributed by atoms with Crippen molar-refractivity contribution < 1.29 is 24.2 Å². The number of ether oxygens (including phenoxy) is 1. The molecular weight excluding hydrogens is 432 g/mol. The van der Waals surface area contributed by atoms with E-state index in [2.05, 4.69) is 29.6 Å². The highest BCUT2D eigenvalue weighted by Gasteiger charge is 2.60. The highest BCUT2D eigenvalue weighted by Crippen LogP contribution is 2.53. The third-order valence-electron chi connectivity index (χ3n) is 8.43. The molecule has 7 heteroatoms. The summed E-state index contributed by atoms with van der Waals surface area (Å²) in [6.45, 7) is 0.886. The standard InChI is InChI=1S/C27H28N2O5/c30-23(31)22-14-29(16-26(22)10-5-11-26)24(32)27(12-13-27)28-25(33)34-15-21-19-8-3-1-6-17(19)18-7-2-4-9-20(18)21/h1-4,6-9,21-22H,5,10-16H2,(H,28,33)(H,30,31). The lowest BCUT2D eigenvalue weighted by Crippen LogP contribution is -2.51. The number of carboxylic acid groups (broad SMARTS) is 1. The molecule has 2 N–H and O–H groups in total. The van der Waals surface area contributed by atoms with Gasteiger partial charge in [0.15, 0.2) is 0 Å². The molecule has 1 unspecified atom stereocenters. The van der Waals surface area contributed by atoms with Crippen molar-refractivity contribution in [3.8, 4) is 11.1 Å². The monoisotopic (exact) mass is 460 g/mol. The molecular formula is C27H28N2O5. The van der Waals surface area contributed by atoms with Crippen LogP contribution in [0.4, 0.5) is 4.79 Å². The zero-order valence-corrected chi connectivity index (χ0v) is 19.0. The van der Waals surface area contributed by atoms with Crippen LogP contribution in [0.15, 0.2) is 48.5 Å². The largest absolute Gasteiger partial charge is 0.481 e. The number of hydrogen-bond acceptors (Lipinski definition) is 4. The van der Waals surface area contributed by atoms with Crippen LogP contribution in [0.5, 0.6) is 0 Å². The first-order chi connectivity index (χ1) is 16.4. The van der Waals surface area contributed by atoms with E-state index in [-0.39, 0.29) is 30.4 Å². The number of rotatable bonds is 5. The Morgan fingerprint density at radius 3 is 2.09 bits per heavy atom. The summed E-state index contributed by atoms with van der Waals surface area (Å²) in [4.78, 5) is 39.5. The quantitative estimate of drug-likeness (QED) is 0.708. The third kappa shape index (κ3) is 3.21. The van der Waals surface area contributed by atoms with Gasteiger partial charge in [0.2, 0.25) is 5.91 Å². The van der Waals surface area contributed by atoms with E-state index in [1.807, 2.05) is 24.3 Å². The first-order valence-corrected chi connectivity index (χ1v) is 12.1. The number of hydrogen-bond donors (Lipinski definition) is 2. The van der Waals surface area contributed by atoms with Gasteiger partial charge < -0.3 is 20.1 Å². The maximum atomic E-state index is 13.3. The highest BCUT2D eigenvalue weighted by molar-refractivity contribution is 5.93. The molecule has 176 valence electrons. The first-order valence-electron chi connectivity index (χ1n) is 12.1. The molecule has 2 aromatic carbocycles. The predicted molar refractivity (Wildman–Crippen MR) is 124 cm³/mol. The Hall–Kier alpha value is -3.35. The number of carbonyl (C=O) groups excluding carboxylic acids is 2. The summed E-state index contributed by atoms with van der Waals surface area (Å²) in [6, 6.07) is 16.3. The number of amides is 2. The number of aliphatic carboxylic acids is 1. The Kier molecular flexibility index (Phi) is 4.73. The minimum absolute atomic E-state index is 0.0441. The maximum absolute atomic E-state index is 13.3. The molecule has 2 amide bonds. The van der Waals surface area contributed by atoms with E-state index in [4.69, 9.17) is 4.74 Å². The first kappa shape index (κ1) is 21.2. The van der Waals surface area contributed by atoms with Gasteiger partial charge in [-0.1, -0.05) is 55.0 Å². The second-order valence-corrected chi connectivity index (χ2v) is 10.3. The van der Waals surface area contributed by atoms with Crippen molar-refractivity contribution in [1.29, 1.82) is 0 Å². The Balaban J connectivity index is 1.12. The van der Waals surface area contributed by atoms with Crippen LogP contribution in [0, 0.1) is 11.3 Å². The van der Waals surface area contributed by atoms with Crippen molar-refractivity contribution in [2.75, 3.05) is 19.7 Å². The lowest BCUT2D eigenvalue weighted by molar-refractivity contribution is -0.146.